The lowest BCUT2D eigenvalue weighted by Gasteiger charge is -2.23. The predicted octanol–water partition coefficient (Wildman–Crippen LogP) is 2.02. The SMILES string of the molecule is Oc1cc(O)c2c(c1)OC(O)C=C2CCI. The van der Waals surface area contributed by atoms with Crippen LogP contribution in [-0.4, -0.2) is 26.0 Å². The summed E-state index contributed by atoms with van der Waals surface area (Å²) < 4.78 is 6.00. The number of alkyl halides is 1. The third kappa shape index (κ3) is 2.10. The number of benzene rings is 1. The molecule has 1 aliphatic rings. The number of aliphatic hydroxyl groups is 1. The van der Waals surface area contributed by atoms with Gasteiger partial charge in [-0.05, 0) is 18.1 Å². The summed E-state index contributed by atoms with van der Waals surface area (Å²) in [6, 6.07) is 2.65. The van der Waals surface area contributed by atoms with Crippen LogP contribution in [0.3, 0.4) is 0 Å². The first kappa shape index (κ1) is 11.5. The molecule has 0 aliphatic carbocycles. The van der Waals surface area contributed by atoms with E-state index in [1.807, 2.05) is 0 Å². The van der Waals surface area contributed by atoms with Crippen LogP contribution in [0.1, 0.15) is 12.0 Å². The van der Waals surface area contributed by atoms with Crippen LogP contribution in [0.15, 0.2) is 18.2 Å². The Labute approximate surface area is 106 Å². The molecule has 0 radical (unpaired) electrons. The average molecular weight is 334 g/mol. The van der Waals surface area contributed by atoms with Gasteiger partial charge >= 0.3 is 0 Å². The van der Waals surface area contributed by atoms with Crippen LogP contribution < -0.4 is 4.74 Å². The molecule has 1 heterocycles. The van der Waals surface area contributed by atoms with Gasteiger partial charge in [0.2, 0.25) is 6.29 Å². The van der Waals surface area contributed by atoms with Crippen molar-refractivity contribution in [3.63, 3.8) is 0 Å². The van der Waals surface area contributed by atoms with Crippen LogP contribution in [0.2, 0.25) is 0 Å². The van der Waals surface area contributed by atoms with Gasteiger partial charge in [-0.2, -0.15) is 0 Å². The number of hydrogen-bond donors (Lipinski definition) is 3. The number of allylic oxidation sites excluding steroid dienone is 1. The fourth-order valence-corrected chi connectivity index (χ4v) is 2.31. The van der Waals surface area contributed by atoms with Crippen LogP contribution in [0, 0.1) is 0 Å². The molecule has 5 heteroatoms. The van der Waals surface area contributed by atoms with Crippen molar-refractivity contribution >= 4 is 28.2 Å². The van der Waals surface area contributed by atoms with Crippen molar-refractivity contribution in [1.29, 1.82) is 0 Å². The van der Waals surface area contributed by atoms with Crippen LogP contribution in [-0.2, 0) is 0 Å². The first-order valence-corrected chi connectivity index (χ1v) is 6.32. The fraction of sp³-hybridized carbons (Fsp3) is 0.273. The Bertz CT molecular complexity index is 442. The highest BCUT2D eigenvalue weighted by Gasteiger charge is 2.22. The highest BCUT2D eigenvalue weighted by molar-refractivity contribution is 14.1. The maximum Gasteiger partial charge on any atom is 0.217 e. The van der Waals surface area contributed by atoms with E-state index in [2.05, 4.69) is 22.6 Å². The number of aliphatic hydroxyl groups excluding tert-OH is 1. The van der Waals surface area contributed by atoms with E-state index >= 15 is 0 Å². The second-order valence-electron chi connectivity index (χ2n) is 3.48. The van der Waals surface area contributed by atoms with Crippen molar-refractivity contribution in [2.45, 2.75) is 12.7 Å². The summed E-state index contributed by atoms with van der Waals surface area (Å²) in [5.41, 5.74) is 1.39. The normalized spacial score (nSPS) is 18.6. The molecule has 0 aromatic heterocycles. The second kappa shape index (κ2) is 4.50. The van der Waals surface area contributed by atoms with Crippen LogP contribution in [0.4, 0.5) is 0 Å². The zero-order valence-corrected chi connectivity index (χ0v) is 10.5. The van der Waals surface area contributed by atoms with Gasteiger partial charge in [0.1, 0.15) is 17.2 Å². The summed E-state index contributed by atoms with van der Waals surface area (Å²) in [6.45, 7) is 0. The number of phenolic OH excluding ortho intramolecular Hbond substituents is 2. The van der Waals surface area contributed by atoms with E-state index in [1.54, 1.807) is 6.08 Å². The van der Waals surface area contributed by atoms with E-state index in [0.29, 0.717) is 11.3 Å². The van der Waals surface area contributed by atoms with Crippen molar-refractivity contribution < 1.29 is 20.1 Å². The minimum absolute atomic E-state index is 0.0296. The lowest BCUT2D eigenvalue weighted by Crippen LogP contribution is -2.18. The minimum atomic E-state index is -1.02. The second-order valence-corrected chi connectivity index (χ2v) is 4.56. The maximum atomic E-state index is 9.76. The number of ether oxygens (including phenoxy) is 1. The molecule has 0 bridgehead atoms. The lowest BCUT2D eigenvalue weighted by molar-refractivity contribution is 0.0220. The summed E-state index contributed by atoms with van der Waals surface area (Å²) in [6.07, 6.45) is 1.27. The fourth-order valence-electron chi connectivity index (χ4n) is 1.73. The molecule has 1 aliphatic heterocycles. The first-order valence-electron chi connectivity index (χ1n) is 4.79. The van der Waals surface area contributed by atoms with Crippen LogP contribution >= 0.6 is 22.6 Å². The lowest BCUT2D eigenvalue weighted by atomic mass is 9.98. The molecule has 0 amide bonds. The summed E-state index contributed by atoms with van der Waals surface area (Å²) in [4.78, 5) is 0. The molecule has 0 saturated carbocycles. The number of phenols is 2. The summed E-state index contributed by atoms with van der Waals surface area (Å²) in [5.74, 6) is 0.199. The van der Waals surface area contributed by atoms with Gasteiger partial charge < -0.3 is 20.1 Å². The molecule has 1 aromatic carbocycles. The van der Waals surface area contributed by atoms with Crippen molar-refractivity contribution in [1.82, 2.24) is 0 Å². The molecular weight excluding hydrogens is 323 g/mol. The van der Waals surface area contributed by atoms with Gasteiger partial charge in [-0.1, -0.05) is 22.6 Å². The highest BCUT2D eigenvalue weighted by Crippen LogP contribution is 2.42. The van der Waals surface area contributed by atoms with E-state index in [0.717, 1.165) is 16.4 Å². The molecule has 1 aromatic rings. The van der Waals surface area contributed by atoms with E-state index in [-0.39, 0.29) is 11.5 Å². The topological polar surface area (TPSA) is 69.9 Å². The largest absolute Gasteiger partial charge is 0.508 e. The minimum Gasteiger partial charge on any atom is -0.508 e. The zero-order chi connectivity index (χ0) is 11.7. The smallest absolute Gasteiger partial charge is 0.217 e. The number of aromatic hydroxyl groups is 2. The van der Waals surface area contributed by atoms with Gasteiger partial charge in [-0.25, -0.2) is 0 Å². The molecule has 86 valence electrons. The van der Waals surface area contributed by atoms with Crippen LogP contribution in [0.25, 0.3) is 5.57 Å². The Hall–Kier alpha value is -0.950. The molecule has 0 fully saturated rings. The Morgan fingerprint density at radius 3 is 2.75 bits per heavy atom. The van der Waals surface area contributed by atoms with E-state index in [9.17, 15) is 15.3 Å². The number of fused-ring (bicyclic) bond motifs is 1. The summed E-state index contributed by atoms with van der Waals surface area (Å²) in [5, 5.41) is 28.6. The molecular formula is C11H11IO4. The van der Waals surface area contributed by atoms with Gasteiger partial charge in [0.25, 0.3) is 0 Å². The van der Waals surface area contributed by atoms with Crippen molar-refractivity contribution in [3.05, 3.63) is 23.8 Å². The molecule has 16 heavy (non-hydrogen) atoms. The Kier molecular flexibility index (Phi) is 3.25. The Balaban J connectivity index is 2.52. The number of rotatable bonds is 2. The first-order chi connectivity index (χ1) is 7.61. The van der Waals surface area contributed by atoms with Crippen LogP contribution in [0.5, 0.6) is 17.2 Å². The molecule has 0 saturated heterocycles. The molecule has 1 atom stereocenters. The summed E-state index contributed by atoms with van der Waals surface area (Å²) in [7, 11) is 0. The molecule has 4 nitrogen and oxygen atoms in total. The molecule has 3 N–H and O–H groups in total. The third-order valence-corrected chi connectivity index (χ3v) is 2.88. The zero-order valence-electron chi connectivity index (χ0n) is 8.35. The van der Waals surface area contributed by atoms with E-state index in [4.69, 9.17) is 4.74 Å². The Morgan fingerprint density at radius 1 is 1.31 bits per heavy atom. The van der Waals surface area contributed by atoms with E-state index in [1.165, 1.54) is 12.1 Å². The third-order valence-electron chi connectivity index (χ3n) is 2.34. The molecule has 0 spiro atoms. The van der Waals surface area contributed by atoms with Gasteiger partial charge in [0.05, 0.1) is 5.56 Å². The summed E-state index contributed by atoms with van der Waals surface area (Å²) >= 11 is 2.22. The highest BCUT2D eigenvalue weighted by atomic mass is 127. The van der Waals surface area contributed by atoms with Crippen molar-refractivity contribution in [2.75, 3.05) is 4.43 Å². The van der Waals surface area contributed by atoms with Gasteiger partial charge in [0, 0.05) is 16.6 Å². The molecule has 1 unspecified atom stereocenters. The average Bonchev–Trinajstić information content (AvgIpc) is 2.15. The standard InChI is InChI=1S/C11H11IO4/c12-2-1-6-3-10(15)16-9-5-7(13)4-8(14)11(6)9/h3-5,10,13-15H,1-2H2. The van der Waals surface area contributed by atoms with E-state index < -0.39 is 6.29 Å². The predicted molar refractivity (Wildman–Crippen MR) is 67.9 cm³/mol. The van der Waals surface area contributed by atoms with Crippen molar-refractivity contribution in [3.8, 4) is 17.2 Å². The maximum absolute atomic E-state index is 9.76. The van der Waals surface area contributed by atoms with Gasteiger partial charge in [-0.3, -0.25) is 0 Å². The Morgan fingerprint density at radius 2 is 2.06 bits per heavy atom. The van der Waals surface area contributed by atoms with Gasteiger partial charge in [-0.15, -0.1) is 0 Å². The van der Waals surface area contributed by atoms with Gasteiger partial charge in [0.15, 0.2) is 0 Å². The monoisotopic (exact) mass is 334 g/mol. The molecule has 2 rings (SSSR count). The quantitative estimate of drug-likeness (QED) is 0.572. The number of hydrogen-bond acceptors (Lipinski definition) is 4. The number of halogens is 1. The van der Waals surface area contributed by atoms with Crippen molar-refractivity contribution in [2.24, 2.45) is 0 Å².